The zero-order valence-electron chi connectivity index (χ0n) is 9.88. The van der Waals surface area contributed by atoms with E-state index in [-0.39, 0.29) is 11.2 Å². The van der Waals surface area contributed by atoms with E-state index in [1.54, 1.807) is 0 Å². The Bertz CT molecular complexity index is 636. The first-order valence-electron chi connectivity index (χ1n) is 5.51. The molecule has 0 aliphatic carbocycles. The van der Waals surface area contributed by atoms with Crippen LogP contribution >= 0.6 is 0 Å². The first-order valence-corrected chi connectivity index (χ1v) is 5.51. The highest BCUT2D eigenvalue weighted by Crippen LogP contribution is 2.07. The van der Waals surface area contributed by atoms with Crippen LogP contribution in [-0.2, 0) is 13.5 Å². The minimum atomic E-state index is -0.332. The van der Waals surface area contributed by atoms with Crippen molar-refractivity contribution in [3.8, 4) is 5.69 Å². The monoisotopic (exact) mass is 230 g/mol. The van der Waals surface area contributed by atoms with Crippen molar-refractivity contribution in [2.45, 2.75) is 13.3 Å². The Morgan fingerprint density at radius 1 is 1.06 bits per heavy atom. The van der Waals surface area contributed by atoms with Crippen LogP contribution in [0.4, 0.5) is 0 Å². The lowest BCUT2D eigenvalue weighted by Gasteiger charge is -2.07. The van der Waals surface area contributed by atoms with Crippen molar-refractivity contribution in [1.82, 2.24) is 9.13 Å². The second-order valence-corrected chi connectivity index (χ2v) is 3.89. The molecule has 4 nitrogen and oxygen atoms in total. The van der Waals surface area contributed by atoms with Crippen molar-refractivity contribution in [3.05, 3.63) is 62.9 Å². The van der Waals surface area contributed by atoms with Crippen molar-refractivity contribution >= 4 is 0 Å². The van der Waals surface area contributed by atoms with E-state index in [2.05, 4.69) is 6.92 Å². The predicted molar refractivity (Wildman–Crippen MR) is 66.7 cm³/mol. The highest BCUT2D eigenvalue weighted by molar-refractivity contribution is 5.34. The number of hydrogen-bond donors (Lipinski definition) is 0. The summed E-state index contributed by atoms with van der Waals surface area (Å²) in [5.41, 5.74) is 1.35. The van der Waals surface area contributed by atoms with Crippen LogP contribution in [0.1, 0.15) is 12.5 Å². The van der Waals surface area contributed by atoms with Gasteiger partial charge in [0.05, 0.1) is 5.69 Å². The molecule has 0 spiro atoms. The van der Waals surface area contributed by atoms with Gasteiger partial charge in [-0.2, -0.15) is 0 Å². The third-order valence-corrected chi connectivity index (χ3v) is 2.81. The quantitative estimate of drug-likeness (QED) is 0.775. The van der Waals surface area contributed by atoms with Gasteiger partial charge in [-0.1, -0.05) is 19.1 Å². The van der Waals surface area contributed by atoms with Gasteiger partial charge in [0.2, 0.25) is 0 Å². The van der Waals surface area contributed by atoms with E-state index in [1.807, 2.05) is 24.3 Å². The number of nitrogens with zero attached hydrogens (tertiary/aromatic N) is 2. The summed E-state index contributed by atoms with van der Waals surface area (Å²) in [4.78, 5) is 23.1. The Balaban J connectivity index is 2.57. The maximum Gasteiger partial charge on any atom is 0.335 e. The van der Waals surface area contributed by atoms with Crippen molar-refractivity contribution in [1.29, 1.82) is 0 Å². The van der Waals surface area contributed by atoms with Gasteiger partial charge < -0.3 is 0 Å². The summed E-state index contributed by atoms with van der Waals surface area (Å²) in [5, 5.41) is 0. The summed E-state index contributed by atoms with van der Waals surface area (Å²) in [6.45, 7) is 2.08. The molecule has 0 unspecified atom stereocenters. The molecule has 0 fully saturated rings. The van der Waals surface area contributed by atoms with Crippen LogP contribution in [0, 0.1) is 0 Å². The maximum atomic E-state index is 11.9. The maximum absolute atomic E-state index is 11.9. The van der Waals surface area contributed by atoms with Gasteiger partial charge in [0.25, 0.3) is 5.56 Å². The molecule has 0 aliphatic rings. The molecule has 0 atom stereocenters. The first kappa shape index (κ1) is 11.4. The molecular formula is C13H14N2O2. The van der Waals surface area contributed by atoms with Crippen LogP contribution in [0.15, 0.2) is 46.1 Å². The first-order chi connectivity index (χ1) is 8.13. The number of aromatic nitrogens is 2. The molecule has 0 aliphatic heterocycles. The van der Waals surface area contributed by atoms with Crippen LogP contribution in [0.25, 0.3) is 5.69 Å². The van der Waals surface area contributed by atoms with Gasteiger partial charge in [-0.05, 0) is 24.1 Å². The summed E-state index contributed by atoms with van der Waals surface area (Å²) >= 11 is 0. The molecule has 0 saturated heterocycles. The molecule has 1 aromatic carbocycles. The topological polar surface area (TPSA) is 44.0 Å². The van der Waals surface area contributed by atoms with E-state index >= 15 is 0 Å². The highest BCUT2D eigenvalue weighted by atomic mass is 16.2. The van der Waals surface area contributed by atoms with Gasteiger partial charge in [-0.25, -0.2) is 4.79 Å². The molecule has 0 bridgehead atoms. The molecule has 0 radical (unpaired) electrons. The molecule has 1 aromatic heterocycles. The Hall–Kier alpha value is -2.10. The fourth-order valence-corrected chi connectivity index (χ4v) is 1.66. The summed E-state index contributed by atoms with van der Waals surface area (Å²) in [7, 11) is 1.47. The lowest BCUT2D eigenvalue weighted by molar-refractivity contribution is 0.728. The SMILES string of the molecule is CCc1ccc(-n2ccc(=O)n(C)c2=O)cc1. The van der Waals surface area contributed by atoms with Crippen LogP contribution in [0.3, 0.4) is 0 Å². The zero-order chi connectivity index (χ0) is 12.4. The van der Waals surface area contributed by atoms with Gasteiger partial charge in [0, 0.05) is 19.3 Å². The van der Waals surface area contributed by atoms with Crippen molar-refractivity contribution in [2.75, 3.05) is 0 Å². The number of aryl methyl sites for hydroxylation is 1. The Morgan fingerprint density at radius 3 is 2.29 bits per heavy atom. The van der Waals surface area contributed by atoms with Crippen LogP contribution in [0.5, 0.6) is 0 Å². The minimum absolute atomic E-state index is 0.295. The van der Waals surface area contributed by atoms with E-state index in [9.17, 15) is 9.59 Å². The summed E-state index contributed by atoms with van der Waals surface area (Å²) in [6.07, 6.45) is 2.47. The van der Waals surface area contributed by atoms with Crippen LogP contribution in [-0.4, -0.2) is 9.13 Å². The van der Waals surface area contributed by atoms with Crippen molar-refractivity contribution < 1.29 is 0 Å². The fourth-order valence-electron chi connectivity index (χ4n) is 1.66. The number of rotatable bonds is 2. The molecule has 17 heavy (non-hydrogen) atoms. The van der Waals surface area contributed by atoms with Crippen molar-refractivity contribution in [2.24, 2.45) is 7.05 Å². The standard InChI is InChI=1S/C13H14N2O2/c1-3-10-4-6-11(7-5-10)15-9-8-12(16)14(2)13(15)17/h4-9H,3H2,1-2H3. The molecular weight excluding hydrogens is 216 g/mol. The summed E-state index contributed by atoms with van der Waals surface area (Å²) < 4.78 is 2.55. The largest absolute Gasteiger partial charge is 0.335 e. The fraction of sp³-hybridized carbons (Fsp3) is 0.231. The molecule has 0 amide bonds. The van der Waals surface area contributed by atoms with Crippen LogP contribution < -0.4 is 11.2 Å². The van der Waals surface area contributed by atoms with E-state index in [4.69, 9.17) is 0 Å². The Kier molecular flexibility index (Phi) is 2.95. The second kappa shape index (κ2) is 4.41. The average molecular weight is 230 g/mol. The normalized spacial score (nSPS) is 10.5. The lowest BCUT2D eigenvalue weighted by Crippen LogP contribution is -2.36. The summed E-state index contributed by atoms with van der Waals surface area (Å²) in [5.74, 6) is 0. The zero-order valence-corrected chi connectivity index (χ0v) is 9.88. The second-order valence-electron chi connectivity index (χ2n) is 3.89. The Morgan fingerprint density at radius 2 is 1.71 bits per heavy atom. The molecule has 2 rings (SSSR count). The van der Waals surface area contributed by atoms with E-state index in [1.165, 1.54) is 29.4 Å². The van der Waals surface area contributed by atoms with E-state index in [0.29, 0.717) is 0 Å². The van der Waals surface area contributed by atoms with Gasteiger partial charge in [-0.3, -0.25) is 13.9 Å². The Labute approximate surface area is 98.8 Å². The van der Waals surface area contributed by atoms with E-state index in [0.717, 1.165) is 16.7 Å². The average Bonchev–Trinajstić information content (AvgIpc) is 2.36. The van der Waals surface area contributed by atoms with Crippen molar-refractivity contribution in [3.63, 3.8) is 0 Å². The molecule has 88 valence electrons. The molecule has 2 aromatic rings. The van der Waals surface area contributed by atoms with Gasteiger partial charge >= 0.3 is 5.69 Å². The van der Waals surface area contributed by atoms with E-state index < -0.39 is 0 Å². The molecule has 1 heterocycles. The van der Waals surface area contributed by atoms with Gasteiger partial charge in [0.1, 0.15) is 0 Å². The highest BCUT2D eigenvalue weighted by Gasteiger charge is 2.02. The third kappa shape index (κ3) is 2.06. The lowest BCUT2D eigenvalue weighted by atomic mass is 10.1. The molecule has 4 heteroatoms. The smallest absolute Gasteiger partial charge is 0.269 e. The minimum Gasteiger partial charge on any atom is -0.269 e. The molecule has 0 N–H and O–H groups in total. The van der Waals surface area contributed by atoms with Crippen LogP contribution in [0.2, 0.25) is 0 Å². The number of benzene rings is 1. The van der Waals surface area contributed by atoms with Gasteiger partial charge in [-0.15, -0.1) is 0 Å². The third-order valence-electron chi connectivity index (χ3n) is 2.81. The molecule has 0 saturated carbocycles. The van der Waals surface area contributed by atoms with Gasteiger partial charge in [0.15, 0.2) is 0 Å². The number of hydrogen-bond acceptors (Lipinski definition) is 2. The summed E-state index contributed by atoms with van der Waals surface area (Å²) in [6, 6.07) is 9.10. The predicted octanol–water partition coefficient (Wildman–Crippen LogP) is 1.10.